The average molecular weight is 228 g/mol. The van der Waals surface area contributed by atoms with E-state index in [9.17, 15) is 0 Å². The maximum absolute atomic E-state index is 5.85. The number of nitrogens with zero attached hydrogens (tertiary/aromatic N) is 2. The second kappa shape index (κ2) is 3.73. The van der Waals surface area contributed by atoms with Crippen LogP contribution in [0.15, 0.2) is 18.2 Å². The molecule has 0 atom stereocenters. The zero-order chi connectivity index (χ0) is 10.1. The molecule has 2 aromatic rings. The van der Waals surface area contributed by atoms with Gasteiger partial charge in [-0.15, -0.1) is 11.3 Å². The van der Waals surface area contributed by atoms with Crippen LogP contribution >= 0.6 is 22.9 Å². The number of rotatable bonds is 2. The van der Waals surface area contributed by atoms with Crippen molar-refractivity contribution in [1.29, 1.82) is 0 Å². The minimum Gasteiger partial charge on any atom is -0.325 e. The molecular formula is C9H10ClN3S. The summed E-state index contributed by atoms with van der Waals surface area (Å²) in [4.78, 5) is 1.07. The second-order valence-electron chi connectivity index (χ2n) is 2.95. The van der Waals surface area contributed by atoms with E-state index < -0.39 is 0 Å². The van der Waals surface area contributed by atoms with Crippen LogP contribution in [-0.4, -0.2) is 9.78 Å². The Hall–Kier alpha value is -0.840. The van der Waals surface area contributed by atoms with Gasteiger partial charge in [-0.1, -0.05) is 11.6 Å². The molecule has 0 fully saturated rings. The molecule has 0 aliphatic heterocycles. The van der Waals surface area contributed by atoms with Crippen molar-refractivity contribution in [2.24, 2.45) is 12.8 Å². The minimum atomic E-state index is 0.503. The van der Waals surface area contributed by atoms with Gasteiger partial charge in [0.1, 0.15) is 5.69 Å². The predicted molar refractivity (Wildman–Crippen MR) is 59.4 cm³/mol. The van der Waals surface area contributed by atoms with Crippen molar-refractivity contribution in [1.82, 2.24) is 9.78 Å². The van der Waals surface area contributed by atoms with E-state index in [1.807, 2.05) is 25.2 Å². The molecule has 74 valence electrons. The molecule has 2 heterocycles. The fourth-order valence-corrected chi connectivity index (χ4v) is 2.27. The van der Waals surface area contributed by atoms with E-state index >= 15 is 0 Å². The first-order chi connectivity index (χ1) is 6.70. The lowest BCUT2D eigenvalue weighted by Crippen LogP contribution is -2.03. The topological polar surface area (TPSA) is 43.8 Å². The molecule has 0 bridgehead atoms. The molecule has 0 amide bonds. The summed E-state index contributed by atoms with van der Waals surface area (Å²) in [5.41, 5.74) is 7.52. The average Bonchev–Trinajstić information content (AvgIpc) is 2.71. The van der Waals surface area contributed by atoms with Crippen molar-refractivity contribution < 1.29 is 0 Å². The van der Waals surface area contributed by atoms with Crippen molar-refractivity contribution in [2.45, 2.75) is 6.54 Å². The van der Waals surface area contributed by atoms with E-state index in [1.54, 1.807) is 4.68 Å². The molecule has 3 nitrogen and oxygen atoms in total. The summed E-state index contributed by atoms with van der Waals surface area (Å²) in [6, 6.07) is 5.83. The molecule has 0 radical (unpaired) electrons. The fourth-order valence-electron chi connectivity index (χ4n) is 1.27. The predicted octanol–water partition coefficient (Wildman–Crippen LogP) is 2.26. The lowest BCUT2D eigenvalue weighted by molar-refractivity contribution is 0.714. The van der Waals surface area contributed by atoms with Crippen LogP contribution in [0.1, 0.15) is 5.69 Å². The van der Waals surface area contributed by atoms with Crippen LogP contribution in [0.5, 0.6) is 0 Å². The first kappa shape index (κ1) is 9.71. The van der Waals surface area contributed by atoms with E-state index in [1.165, 1.54) is 11.3 Å². The molecule has 0 saturated carbocycles. The van der Waals surface area contributed by atoms with Crippen molar-refractivity contribution in [2.75, 3.05) is 0 Å². The maximum atomic E-state index is 5.85. The Bertz CT molecular complexity index is 447. The number of hydrogen-bond acceptors (Lipinski definition) is 3. The number of halogens is 1. The summed E-state index contributed by atoms with van der Waals surface area (Å²) in [5, 5.41) is 4.35. The second-order valence-corrected chi connectivity index (χ2v) is 4.67. The number of aromatic nitrogens is 2. The number of nitrogens with two attached hydrogens (primary N) is 1. The molecule has 0 aromatic carbocycles. The van der Waals surface area contributed by atoms with Crippen LogP contribution in [0.3, 0.4) is 0 Å². The zero-order valence-corrected chi connectivity index (χ0v) is 9.27. The highest BCUT2D eigenvalue weighted by molar-refractivity contribution is 7.19. The van der Waals surface area contributed by atoms with Gasteiger partial charge in [-0.2, -0.15) is 5.10 Å². The molecule has 14 heavy (non-hydrogen) atoms. The van der Waals surface area contributed by atoms with Gasteiger partial charge in [-0.3, -0.25) is 4.68 Å². The van der Waals surface area contributed by atoms with Crippen molar-refractivity contribution in [3.8, 4) is 10.6 Å². The van der Waals surface area contributed by atoms with Crippen molar-refractivity contribution in [3.63, 3.8) is 0 Å². The number of thiophene rings is 1. The van der Waals surface area contributed by atoms with Crippen LogP contribution in [0, 0.1) is 0 Å². The Morgan fingerprint density at radius 1 is 1.57 bits per heavy atom. The summed E-state index contributed by atoms with van der Waals surface area (Å²) in [6.45, 7) is 0.503. The van der Waals surface area contributed by atoms with Crippen LogP contribution in [-0.2, 0) is 13.6 Å². The Kier molecular flexibility index (Phi) is 2.58. The normalized spacial score (nSPS) is 10.8. The Morgan fingerprint density at radius 2 is 2.36 bits per heavy atom. The van der Waals surface area contributed by atoms with Crippen molar-refractivity contribution in [3.05, 3.63) is 28.2 Å². The molecule has 2 N–H and O–H groups in total. The highest BCUT2D eigenvalue weighted by Crippen LogP contribution is 2.30. The smallest absolute Gasteiger partial charge is 0.103 e. The first-order valence-electron chi connectivity index (χ1n) is 4.19. The molecule has 0 unspecified atom stereocenters. The molecular weight excluding hydrogens is 218 g/mol. The Labute approximate surface area is 91.1 Å². The fraction of sp³-hybridized carbons (Fsp3) is 0.222. The maximum Gasteiger partial charge on any atom is 0.103 e. The van der Waals surface area contributed by atoms with Gasteiger partial charge in [-0.05, 0) is 18.2 Å². The highest BCUT2D eigenvalue weighted by atomic mass is 35.5. The molecule has 0 aliphatic rings. The summed E-state index contributed by atoms with van der Waals surface area (Å²) in [6.07, 6.45) is 0. The Balaban J connectivity index is 2.42. The van der Waals surface area contributed by atoms with Gasteiger partial charge in [0.15, 0.2) is 0 Å². The van der Waals surface area contributed by atoms with Gasteiger partial charge in [0.25, 0.3) is 0 Å². The Morgan fingerprint density at radius 3 is 2.86 bits per heavy atom. The molecule has 2 rings (SSSR count). The largest absolute Gasteiger partial charge is 0.325 e. The molecule has 0 spiro atoms. The monoisotopic (exact) mass is 227 g/mol. The lowest BCUT2D eigenvalue weighted by atomic mass is 10.3. The van der Waals surface area contributed by atoms with Gasteiger partial charge in [0.05, 0.1) is 14.9 Å². The highest BCUT2D eigenvalue weighted by Gasteiger charge is 2.07. The third-order valence-electron chi connectivity index (χ3n) is 2.01. The summed E-state index contributed by atoms with van der Waals surface area (Å²) < 4.78 is 2.57. The third-order valence-corrected chi connectivity index (χ3v) is 3.27. The van der Waals surface area contributed by atoms with Gasteiger partial charge in [0.2, 0.25) is 0 Å². The zero-order valence-electron chi connectivity index (χ0n) is 7.70. The van der Waals surface area contributed by atoms with Gasteiger partial charge >= 0.3 is 0 Å². The van der Waals surface area contributed by atoms with E-state index in [4.69, 9.17) is 17.3 Å². The van der Waals surface area contributed by atoms with Gasteiger partial charge < -0.3 is 5.73 Å². The summed E-state index contributed by atoms with van der Waals surface area (Å²) >= 11 is 7.37. The standard InChI is InChI=1S/C9H10ClN3S/c1-13-6(5-11)4-7(12-13)8-2-3-9(10)14-8/h2-4H,5,11H2,1H3. The molecule has 0 aliphatic carbocycles. The van der Waals surface area contributed by atoms with E-state index in [2.05, 4.69) is 5.10 Å². The molecule has 5 heteroatoms. The van der Waals surface area contributed by atoms with E-state index in [0.717, 1.165) is 20.6 Å². The van der Waals surface area contributed by atoms with Crippen molar-refractivity contribution >= 4 is 22.9 Å². The number of aryl methyl sites for hydroxylation is 1. The molecule has 0 saturated heterocycles. The van der Waals surface area contributed by atoms with Crippen LogP contribution < -0.4 is 5.73 Å². The SMILES string of the molecule is Cn1nc(-c2ccc(Cl)s2)cc1CN. The third kappa shape index (κ3) is 1.68. The van der Waals surface area contributed by atoms with Crippen LogP contribution in [0.25, 0.3) is 10.6 Å². The summed E-state index contributed by atoms with van der Waals surface area (Å²) in [7, 11) is 1.89. The first-order valence-corrected chi connectivity index (χ1v) is 5.39. The van der Waals surface area contributed by atoms with Crippen LogP contribution in [0.2, 0.25) is 4.34 Å². The molecule has 2 aromatic heterocycles. The van der Waals surface area contributed by atoms with E-state index in [-0.39, 0.29) is 0 Å². The van der Waals surface area contributed by atoms with Crippen LogP contribution in [0.4, 0.5) is 0 Å². The van der Waals surface area contributed by atoms with Gasteiger partial charge in [-0.25, -0.2) is 0 Å². The van der Waals surface area contributed by atoms with E-state index in [0.29, 0.717) is 6.54 Å². The number of hydrogen-bond donors (Lipinski definition) is 1. The summed E-state index contributed by atoms with van der Waals surface area (Å²) in [5.74, 6) is 0. The van der Waals surface area contributed by atoms with Gasteiger partial charge in [0, 0.05) is 13.6 Å². The lowest BCUT2D eigenvalue weighted by Gasteiger charge is -1.93. The minimum absolute atomic E-state index is 0.503. The quantitative estimate of drug-likeness (QED) is 0.856.